The SMILES string of the molecule is COc1ccc(CN=C(NCC(=O)N(C)C)N(C)Cc2ccccc2)cc1.I. The van der Waals surface area contributed by atoms with Crippen molar-refractivity contribution in [1.82, 2.24) is 15.1 Å². The molecule has 0 aliphatic carbocycles. The zero-order valence-electron chi connectivity index (χ0n) is 16.9. The molecule has 0 bridgehead atoms. The fraction of sp³-hybridized carbons (Fsp3) is 0.333. The first kappa shape index (κ1) is 23.7. The molecule has 0 saturated heterocycles. The summed E-state index contributed by atoms with van der Waals surface area (Å²) in [5.41, 5.74) is 2.25. The molecule has 0 fully saturated rings. The molecular formula is C21H29IN4O2. The molecule has 2 aromatic carbocycles. The van der Waals surface area contributed by atoms with Crippen molar-refractivity contribution in [3.8, 4) is 5.75 Å². The van der Waals surface area contributed by atoms with Crippen LogP contribution in [0.1, 0.15) is 11.1 Å². The first-order chi connectivity index (χ1) is 13.0. The Morgan fingerprint density at radius 2 is 1.64 bits per heavy atom. The highest BCUT2D eigenvalue weighted by Gasteiger charge is 2.10. The van der Waals surface area contributed by atoms with E-state index >= 15 is 0 Å². The lowest BCUT2D eigenvalue weighted by atomic mass is 10.2. The molecule has 0 aromatic heterocycles. The number of hydrogen-bond acceptors (Lipinski definition) is 3. The maximum absolute atomic E-state index is 11.9. The Kier molecular flexibility index (Phi) is 10.4. The van der Waals surface area contributed by atoms with Crippen molar-refractivity contribution in [3.05, 3.63) is 65.7 Å². The zero-order chi connectivity index (χ0) is 19.6. The molecule has 0 atom stereocenters. The van der Waals surface area contributed by atoms with Crippen LogP contribution >= 0.6 is 24.0 Å². The average molecular weight is 496 g/mol. The first-order valence-electron chi connectivity index (χ1n) is 8.86. The number of nitrogens with zero attached hydrogens (tertiary/aromatic N) is 3. The van der Waals surface area contributed by atoms with Crippen molar-refractivity contribution in [2.24, 2.45) is 4.99 Å². The molecule has 0 unspecified atom stereocenters. The smallest absolute Gasteiger partial charge is 0.241 e. The fourth-order valence-electron chi connectivity index (χ4n) is 2.45. The summed E-state index contributed by atoms with van der Waals surface area (Å²) in [5.74, 6) is 1.50. The molecule has 0 aliphatic rings. The maximum Gasteiger partial charge on any atom is 0.241 e. The van der Waals surface area contributed by atoms with Gasteiger partial charge in [-0.2, -0.15) is 0 Å². The van der Waals surface area contributed by atoms with Crippen LogP contribution in [0.3, 0.4) is 0 Å². The topological polar surface area (TPSA) is 57.2 Å². The number of benzene rings is 2. The van der Waals surface area contributed by atoms with Crippen LogP contribution in [-0.4, -0.2) is 56.5 Å². The number of ether oxygens (including phenoxy) is 1. The Labute approximate surface area is 184 Å². The number of methoxy groups -OCH3 is 1. The molecule has 0 radical (unpaired) electrons. The van der Waals surface area contributed by atoms with Crippen LogP contribution in [0.5, 0.6) is 5.75 Å². The normalized spacial score (nSPS) is 10.6. The van der Waals surface area contributed by atoms with Gasteiger partial charge in [0.25, 0.3) is 0 Å². The monoisotopic (exact) mass is 496 g/mol. The lowest BCUT2D eigenvalue weighted by molar-refractivity contribution is -0.127. The van der Waals surface area contributed by atoms with E-state index in [2.05, 4.69) is 17.4 Å². The van der Waals surface area contributed by atoms with Crippen molar-refractivity contribution in [2.75, 3.05) is 34.8 Å². The van der Waals surface area contributed by atoms with Gasteiger partial charge in [0.2, 0.25) is 5.91 Å². The number of halogens is 1. The lowest BCUT2D eigenvalue weighted by Gasteiger charge is -2.23. The van der Waals surface area contributed by atoms with E-state index in [9.17, 15) is 4.79 Å². The van der Waals surface area contributed by atoms with Crippen molar-refractivity contribution < 1.29 is 9.53 Å². The second-order valence-electron chi connectivity index (χ2n) is 6.47. The van der Waals surface area contributed by atoms with Gasteiger partial charge in [0, 0.05) is 27.7 Å². The standard InChI is InChI=1S/C21H28N4O2.HI/c1-24(2)20(26)15-23-21(25(3)16-18-8-6-5-7-9-18)22-14-17-10-12-19(27-4)13-11-17;/h5-13H,14-16H2,1-4H3,(H,22,23);1H. The minimum Gasteiger partial charge on any atom is -0.497 e. The number of carbonyl (C=O) groups is 1. The Morgan fingerprint density at radius 3 is 2.21 bits per heavy atom. The molecule has 1 N–H and O–H groups in total. The number of rotatable bonds is 7. The van der Waals surface area contributed by atoms with Crippen molar-refractivity contribution in [1.29, 1.82) is 0 Å². The minimum absolute atomic E-state index is 0. The molecule has 152 valence electrons. The lowest BCUT2D eigenvalue weighted by Crippen LogP contribution is -2.43. The summed E-state index contributed by atoms with van der Waals surface area (Å²) >= 11 is 0. The van der Waals surface area contributed by atoms with Gasteiger partial charge in [-0.25, -0.2) is 4.99 Å². The van der Waals surface area contributed by atoms with Gasteiger partial charge in [0.05, 0.1) is 20.2 Å². The number of carbonyl (C=O) groups excluding carboxylic acids is 1. The van der Waals surface area contributed by atoms with E-state index in [1.807, 2.05) is 54.4 Å². The van der Waals surface area contributed by atoms with E-state index in [0.717, 1.165) is 11.3 Å². The summed E-state index contributed by atoms with van der Waals surface area (Å²) in [5, 5.41) is 3.17. The van der Waals surface area contributed by atoms with Crippen LogP contribution in [0.4, 0.5) is 0 Å². The minimum atomic E-state index is 0. The summed E-state index contributed by atoms with van der Waals surface area (Å²) < 4.78 is 5.19. The largest absolute Gasteiger partial charge is 0.497 e. The van der Waals surface area contributed by atoms with Gasteiger partial charge in [0.1, 0.15) is 5.75 Å². The average Bonchev–Trinajstić information content (AvgIpc) is 2.68. The molecular weight excluding hydrogens is 467 g/mol. The molecule has 0 aliphatic heterocycles. The third kappa shape index (κ3) is 7.75. The second-order valence-corrected chi connectivity index (χ2v) is 6.47. The van der Waals surface area contributed by atoms with Gasteiger partial charge in [-0.3, -0.25) is 4.79 Å². The molecule has 28 heavy (non-hydrogen) atoms. The van der Waals surface area contributed by atoms with Gasteiger partial charge in [-0.05, 0) is 23.3 Å². The molecule has 7 heteroatoms. The second kappa shape index (κ2) is 12.2. The van der Waals surface area contributed by atoms with Crippen molar-refractivity contribution >= 4 is 35.8 Å². The summed E-state index contributed by atoms with van der Waals surface area (Å²) in [6.07, 6.45) is 0. The maximum atomic E-state index is 11.9. The summed E-state index contributed by atoms with van der Waals surface area (Å²) in [7, 11) is 7.10. The number of nitrogens with one attached hydrogen (secondary N) is 1. The van der Waals surface area contributed by atoms with Gasteiger partial charge < -0.3 is 19.9 Å². The Morgan fingerprint density at radius 1 is 1.00 bits per heavy atom. The van der Waals surface area contributed by atoms with Crippen LogP contribution in [0.25, 0.3) is 0 Å². The van der Waals surface area contributed by atoms with Crippen LogP contribution in [0, 0.1) is 0 Å². The van der Waals surface area contributed by atoms with E-state index < -0.39 is 0 Å². The fourth-order valence-corrected chi connectivity index (χ4v) is 2.45. The first-order valence-corrected chi connectivity index (χ1v) is 8.86. The highest BCUT2D eigenvalue weighted by molar-refractivity contribution is 14.0. The molecule has 2 aromatic rings. The molecule has 0 saturated carbocycles. The van der Waals surface area contributed by atoms with E-state index in [1.54, 1.807) is 26.1 Å². The summed E-state index contributed by atoms with van der Waals surface area (Å²) in [4.78, 5) is 20.2. The highest BCUT2D eigenvalue weighted by atomic mass is 127. The van der Waals surface area contributed by atoms with Gasteiger partial charge in [0.15, 0.2) is 5.96 Å². The van der Waals surface area contributed by atoms with Crippen LogP contribution in [0.2, 0.25) is 0 Å². The zero-order valence-corrected chi connectivity index (χ0v) is 19.2. The summed E-state index contributed by atoms with van der Waals surface area (Å²) in [6.45, 7) is 1.42. The molecule has 6 nitrogen and oxygen atoms in total. The van der Waals surface area contributed by atoms with E-state index in [0.29, 0.717) is 19.0 Å². The quantitative estimate of drug-likeness (QED) is 0.364. The number of amides is 1. The molecule has 0 heterocycles. The molecule has 2 rings (SSSR count). The molecule has 0 spiro atoms. The predicted octanol–water partition coefficient (Wildman–Crippen LogP) is 2.98. The van der Waals surface area contributed by atoms with E-state index in [-0.39, 0.29) is 36.4 Å². The Bertz CT molecular complexity index is 749. The summed E-state index contributed by atoms with van der Waals surface area (Å²) in [6, 6.07) is 18.0. The van der Waals surface area contributed by atoms with Crippen LogP contribution in [0.15, 0.2) is 59.6 Å². The van der Waals surface area contributed by atoms with Crippen LogP contribution < -0.4 is 10.1 Å². The van der Waals surface area contributed by atoms with Gasteiger partial charge in [-0.1, -0.05) is 42.5 Å². The number of likely N-dealkylation sites (N-methyl/N-ethyl adjacent to an activating group) is 1. The van der Waals surface area contributed by atoms with Gasteiger partial charge in [-0.15, -0.1) is 24.0 Å². The number of aliphatic imine (C=N–C) groups is 1. The predicted molar refractivity (Wildman–Crippen MR) is 124 cm³/mol. The van der Waals surface area contributed by atoms with Crippen molar-refractivity contribution in [2.45, 2.75) is 13.1 Å². The van der Waals surface area contributed by atoms with E-state index in [4.69, 9.17) is 9.73 Å². The Hall–Kier alpha value is -2.29. The number of hydrogen-bond donors (Lipinski definition) is 1. The van der Waals surface area contributed by atoms with Crippen LogP contribution in [-0.2, 0) is 17.9 Å². The third-order valence-corrected chi connectivity index (χ3v) is 4.09. The van der Waals surface area contributed by atoms with Crippen molar-refractivity contribution in [3.63, 3.8) is 0 Å². The highest BCUT2D eigenvalue weighted by Crippen LogP contribution is 2.12. The Balaban J connectivity index is 0.00000392. The third-order valence-electron chi connectivity index (χ3n) is 4.09. The van der Waals surface area contributed by atoms with Gasteiger partial charge >= 0.3 is 0 Å². The molecule has 1 amide bonds. The van der Waals surface area contributed by atoms with E-state index in [1.165, 1.54) is 5.56 Å². The number of guanidine groups is 1.